The lowest BCUT2D eigenvalue weighted by Crippen LogP contribution is -2.44. The summed E-state index contributed by atoms with van der Waals surface area (Å²) < 4.78 is 0. The highest BCUT2D eigenvalue weighted by Crippen LogP contribution is 2.30. The van der Waals surface area contributed by atoms with Gasteiger partial charge in [0.2, 0.25) is 5.91 Å². The molecule has 148 valence electrons. The van der Waals surface area contributed by atoms with Crippen molar-refractivity contribution in [3.8, 4) is 0 Å². The van der Waals surface area contributed by atoms with Gasteiger partial charge in [-0.1, -0.05) is 18.2 Å². The van der Waals surface area contributed by atoms with E-state index in [1.165, 1.54) is 5.56 Å². The summed E-state index contributed by atoms with van der Waals surface area (Å²) in [5, 5.41) is 6.14. The van der Waals surface area contributed by atoms with Gasteiger partial charge in [0, 0.05) is 29.0 Å². The van der Waals surface area contributed by atoms with Crippen LogP contribution in [0.2, 0.25) is 0 Å². The van der Waals surface area contributed by atoms with Crippen LogP contribution in [0.1, 0.15) is 48.7 Å². The average Bonchev–Trinajstić information content (AvgIpc) is 2.66. The summed E-state index contributed by atoms with van der Waals surface area (Å²) in [5.41, 5.74) is 4.68. The van der Waals surface area contributed by atoms with Crippen molar-refractivity contribution in [3.63, 3.8) is 0 Å². The highest BCUT2D eigenvalue weighted by molar-refractivity contribution is 5.98. The van der Waals surface area contributed by atoms with Crippen molar-refractivity contribution in [3.05, 3.63) is 59.2 Å². The maximum atomic E-state index is 13.0. The summed E-state index contributed by atoms with van der Waals surface area (Å²) in [5.74, 6) is -0.0276. The molecule has 1 aliphatic heterocycles. The Balaban J connectivity index is 1.69. The molecule has 0 bridgehead atoms. The molecule has 0 aliphatic carbocycles. The highest BCUT2D eigenvalue weighted by atomic mass is 16.2. The molecule has 0 saturated heterocycles. The molecule has 0 saturated carbocycles. The van der Waals surface area contributed by atoms with Crippen molar-refractivity contribution in [2.45, 2.75) is 52.6 Å². The monoisotopic (exact) mass is 379 g/mol. The maximum absolute atomic E-state index is 13.0. The molecule has 1 atom stereocenters. The molecular weight excluding hydrogens is 350 g/mol. The van der Waals surface area contributed by atoms with Gasteiger partial charge in [-0.3, -0.25) is 9.59 Å². The Bertz CT molecular complexity index is 876. The molecule has 0 radical (unpaired) electrons. The first-order chi connectivity index (χ1) is 13.4. The lowest BCUT2D eigenvalue weighted by atomic mass is 9.96. The minimum absolute atomic E-state index is 0.0562. The van der Waals surface area contributed by atoms with Crippen LogP contribution in [0, 0.1) is 6.92 Å². The SMILES string of the molecule is Cc1cc(C(=O)NC(C)C)ccc1NCC(=O)N1c2ccccc2CCC1C. The Labute approximate surface area is 167 Å². The highest BCUT2D eigenvalue weighted by Gasteiger charge is 2.27. The zero-order valence-electron chi connectivity index (χ0n) is 17.1. The summed E-state index contributed by atoms with van der Waals surface area (Å²) in [7, 11) is 0. The van der Waals surface area contributed by atoms with Crippen molar-refractivity contribution in [2.75, 3.05) is 16.8 Å². The van der Waals surface area contributed by atoms with Gasteiger partial charge in [-0.25, -0.2) is 0 Å². The van der Waals surface area contributed by atoms with Crippen LogP contribution in [-0.4, -0.2) is 30.4 Å². The molecule has 2 amide bonds. The number of carbonyl (C=O) groups is 2. The fraction of sp³-hybridized carbons (Fsp3) is 0.391. The number of nitrogens with one attached hydrogen (secondary N) is 2. The van der Waals surface area contributed by atoms with E-state index in [-0.39, 0.29) is 30.4 Å². The van der Waals surface area contributed by atoms with E-state index < -0.39 is 0 Å². The van der Waals surface area contributed by atoms with Gasteiger partial charge in [-0.15, -0.1) is 0 Å². The van der Waals surface area contributed by atoms with E-state index in [9.17, 15) is 9.59 Å². The maximum Gasteiger partial charge on any atom is 0.251 e. The normalized spacial score (nSPS) is 15.9. The van der Waals surface area contributed by atoms with Crippen molar-refractivity contribution in [2.24, 2.45) is 0 Å². The lowest BCUT2D eigenvalue weighted by Gasteiger charge is -2.35. The molecule has 28 heavy (non-hydrogen) atoms. The smallest absolute Gasteiger partial charge is 0.251 e. The largest absolute Gasteiger partial charge is 0.376 e. The van der Waals surface area contributed by atoms with Gasteiger partial charge in [-0.2, -0.15) is 0 Å². The second kappa shape index (κ2) is 8.46. The van der Waals surface area contributed by atoms with Gasteiger partial charge in [-0.05, 0) is 75.9 Å². The van der Waals surface area contributed by atoms with Crippen LogP contribution in [0.15, 0.2) is 42.5 Å². The second-order valence-electron chi connectivity index (χ2n) is 7.79. The van der Waals surface area contributed by atoms with Gasteiger partial charge >= 0.3 is 0 Å². The standard InChI is InChI=1S/C23H29N3O2/c1-15(2)25-23(28)19-11-12-20(16(3)13-19)24-14-22(27)26-17(4)9-10-18-7-5-6-8-21(18)26/h5-8,11-13,15,17,24H,9-10,14H2,1-4H3,(H,25,28). The van der Waals surface area contributed by atoms with Crippen LogP contribution in [0.5, 0.6) is 0 Å². The third-order valence-corrected chi connectivity index (χ3v) is 5.13. The molecule has 1 unspecified atom stereocenters. The van der Waals surface area contributed by atoms with E-state index in [0.717, 1.165) is 29.8 Å². The molecule has 1 heterocycles. The third kappa shape index (κ3) is 4.35. The first kappa shape index (κ1) is 19.9. The first-order valence-corrected chi connectivity index (χ1v) is 9.92. The predicted octanol–water partition coefficient (Wildman–Crippen LogP) is 3.91. The van der Waals surface area contributed by atoms with E-state index in [2.05, 4.69) is 23.6 Å². The van der Waals surface area contributed by atoms with Crippen LogP contribution in [0.25, 0.3) is 0 Å². The zero-order chi connectivity index (χ0) is 20.3. The van der Waals surface area contributed by atoms with E-state index in [1.54, 1.807) is 6.07 Å². The Morgan fingerprint density at radius 2 is 1.93 bits per heavy atom. The third-order valence-electron chi connectivity index (χ3n) is 5.13. The van der Waals surface area contributed by atoms with Crippen LogP contribution >= 0.6 is 0 Å². The minimum Gasteiger partial charge on any atom is -0.376 e. The summed E-state index contributed by atoms with van der Waals surface area (Å²) in [6.07, 6.45) is 1.98. The first-order valence-electron chi connectivity index (χ1n) is 9.92. The summed E-state index contributed by atoms with van der Waals surface area (Å²) in [6, 6.07) is 13.9. The van der Waals surface area contributed by atoms with E-state index >= 15 is 0 Å². The molecule has 0 fully saturated rings. The van der Waals surface area contributed by atoms with Gasteiger partial charge in [0.25, 0.3) is 5.91 Å². The minimum atomic E-state index is -0.0838. The van der Waals surface area contributed by atoms with Gasteiger partial charge < -0.3 is 15.5 Å². The van der Waals surface area contributed by atoms with Gasteiger partial charge in [0.15, 0.2) is 0 Å². The van der Waals surface area contributed by atoms with Crippen LogP contribution in [0.4, 0.5) is 11.4 Å². The predicted molar refractivity (Wildman–Crippen MR) is 114 cm³/mol. The quantitative estimate of drug-likeness (QED) is 0.828. The second-order valence-corrected chi connectivity index (χ2v) is 7.79. The molecule has 2 aromatic carbocycles. The number of benzene rings is 2. The Hall–Kier alpha value is -2.82. The van der Waals surface area contributed by atoms with Gasteiger partial charge in [0.1, 0.15) is 0 Å². The Kier molecular flexibility index (Phi) is 6.02. The molecule has 3 rings (SSSR count). The summed E-state index contributed by atoms with van der Waals surface area (Å²) in [4.78, 5) is 27.0. The fourth-order valence-corrected chi connectivity index (χ4v) is 3.67. The molecule has 5 heteroatoms. The van der Waals surface area contributed by atoms with Crippen LogP contribution in [0.3, 0.4) is 0 Å². The zero-order valence-corrected chi connectivity index (χ0v) is 17.1. The van der Waals surface area contributed by atoms with E-state index in [0.29, 0.717) is 5.56 Å². The number of aryl methyl sites for hydroxylation is 2. The molecular formula is C23H29N3O2. The number of anilines is 2. The van der Waals surface area contributed by atoms with Crippen molar-refractivity contribution in [1.29, 1.82) is 0 Å². The molecule has 1 aliphatic rings. The van der Waals surface area contributed by atoms with Crippen molar-refractivity contribution >= 4 is 23.2 Å². The summed E-state index contributed by atoms with van der Waals surface area (Å²) >= 11 is 0. The lowest BCUT2D eigenvalue weighted by molar-refractivity contribution is -0.117. The topological polar surface area (TPSA) is 61.4 Å². The molecule has 5 nitrogen and oxygen atoms in total. The van der Waals surface area contributed by atoms with Crippen LogP contribution < -0.4 is 15.5 Å². The molecule has 0 spiro atoms. The summed E-state index contributed by atoms with van der Waals surface area (Å²) in [6.45, 7) is 8.13. The van der Waals surface area contributed by atoms with Crippen molar-refractivity contribution in [1.82, 2.24) is 5.32 Å². The Morgan fingerprint density at radius 1 is 1.18 bits per heavy atom. The number of hydrogen-bond acceptors (Lipinski definition) is 3. The van der Waals surface area contributed by atoms with Gasteiger partial charge in [0.05, 0.1) is 6.54 Å². The molecule has 0 aromatic heterocycles. The number of nitrogens with zero attached hydrogens (tertiary/aromatic N) is 1. The average molecular weight is 380 g/mol. The van der Waals surface area contributed by atoms with E-state index in [1.807, 2.05) is 56.0 Å². The molecule has 2 aromatic rings. The van der Waals surface area contributed by atoms with Crippen LogP contribution in [-0.2, 0) is 11.2 Å². The number of amides is 2. The number of carbonyl (C=O) groups excluding carboxylic acids is 2. The number of rotatable bonds is 5. The fourth-order valence-electron chi connectivity index (χ4n) is 3.67. The van der Waals surface area contributed by atoms with E-state index in [4.69, 9.17) is 0 Å². The number of fused-ring (bicyclic) bond motifs is 1. The molecule has 2 N–H and O–H groups in total. The Morgan fingerprint density at radius 3 is 2.64 bits per heavy atom. The number of para-hydroxylation sites is 1. The number of hydrogen-bond donors (Lipinski definition) is 2. The van der Waals surface area contributed by atoms with Crippen molar-refractivity contribution < 1.29 is 9.59 Å².